The van der Waals surface area contributed by atoms with Crippen LogP contribution in [0.3, 0.4) is 0 Å². The van der Waals surface area contributed by atoms with Crippen molar-refractivity contribution in [2.24, 2.45) is 0 Å². The van der Waals surface area contributed by atoms with Crippen molar-refractivity contribution in [3.8, 4) is 11.5 Å². The number of hydrogen-bond donors (Lipinski definition) is 1. The molecule has 0 radical (unpaired) electrons. The van der Waals surface area contributed by atoms with Gasteiger partial charge in [0.15, 0.2) is 17.2 Å². The summed E-state index contributed by atoms with van der Waals surface area (Å²) in [5.74, 6) is -0.410. The third kappa shape index (κ3) is 5.40. The van der Waals surface area contributed by atoms with Crippen LogP contribution in [0.25, 0.3) is 10.8 Å². The lowest BCUT2D eigenvalue weighted by Gasteiger charge is -2.13. The zero-order valence-corrected chi connectivity index (χ0v) is 17.9. The number of carbonyl (C=O) groups is 1. The number of amides is 1. The van der Waals surface area contributed by atoms with Crippen LogP contribution in [0.1, 0.15) is 42.2 Å². The molecule has 1 N–H and O–H groups in total. The summed E-state index contributed by atoms with van der Waals surface area (Å²) in [6.07, 6.45) is 2.74. The molecule has 0 bridgehead atoms. The number of methoxy groups -OCH3 is 1. The van der Waals surface area contributed by atoms with Crippen LogP contribution >= 0.6 is 0 Å². The van der Waals surface area contributed by atoms with E-state index in [1.807, 2.05) is 0 Å². The van der Waals surface area contributed by atoms with Crippen LogP contribution in [0.2, 0.25) is 0 Å². The van der Waals surface area contributed by atoms with Gasteiger partial charge in [0.2, 0.25) is 0 Å². The number of aryl methyl sites for hydroxylation is 1. The first-order valence-corrected chi connectivity index (χ1v) is 10.3. The summed E-state index contributed by atoms with van der Waals surface area (Å²) in [7, 11) is 1.34. The predicted octanol–water partition coefficient (Wildman–Crippen LogP) is 4.13. The third-order valence-electron chi connectivity index (χ3n) is 4.95. The average molecular weight is 445 g/mol. The Morgan fingerprint density at radius 3 is 2.56 bits per heavy atom. The van der Waals surface area contributed by atoms with Gasteiger partial charge in [0.25, 0.3) is 11.5 Å². The highest BCUT2D eigenvalue weighted by Gasteiger charge is 2.17. The molecule has 3 aromatic rings. The molecule has 9 heteroatoms. The number of aromatic nitrogens is 2. The number of alkyl halides is 2. The molecular formula is C23H25F2N3O4. The number of nitrogens with one attached hydrogen (secondary N) is 1. The zero-order valence-electron chi connectivity index (χ0n) is 17.9. The molecule has 0 saturated carbocycles. The van der Waals surface area contributed by atoms with E-state index in [9.17, 15) is 18.4 Å². The normalized spacial score (nSPS) is 11.0. The lowest BCUT2D eigenvalue weighted by Crippen LogP contribution is -2.30. The van der Waals surface area contributed by atoms with E-state index < -0.39 is 12.5 Å². The Hall–Kier alpha value is -3.49. The van der Waals surface area contributed by atoms with E-state index in [0.29, 0.717) is 22.9 Å². The maximum Gasteiger partial charge on any atom is 0.387 e. The summed E-state index contributed by atoms with van der Waals surface area (Å²) < 4.78 is 35.8. The second-order valence-electron chi connectivity index (χ2n) is 7.18. The molecule has 0 spiro atoms. The minimum absolute atomic E-state index is 0.0932. The van der Waals surface area contributed by atoms with Crippen molar-refractivity contribution in [1.82, 2.24) is 15.1 Å². The van der Waals surface area contributed by atoms with Crippen molar-refractivity contribution in [1.29, 1.82) is 0 Å². The number of carbonyl (C=O) groups excluding carboxylic acids is 1. The van der Waals surface area contributed by atoms with Gasteiger partial charge >= 0.3 is 6.61 Å². The van der Waals surface area contributed by atoms with Gasteiger partial charge < -0.3 is 14.8 Å². The van der Waals surface area contributed by atoms with Crippen molar-refractivity contribution in [3.63, 3.8) is 0 Å². The second kappa shape index (κ2) is 10.7. The van der Waals surface area contributed by atoms with Gasteiger partial charge in [-0.3, -0.25) is 9.59 Å². The summed E-state index contributed by atoms with van der Waals surface area (Å²) in [6, 6.07) is 11.3. The molecule has 0 aliphatic carbocycles. The van der Waals surface area contributed by atoms with Crippen LogP contribution in [0.5, 0.6) is 11.5 Å². The number of rotatable bonds is 10. The van der Waals surface area contributed by atoms with Crippen LogP contribution in [0, 0.1) is 0 Å². The lowest BCUT2D eigenvalue weighted by atomic mass is 10.1. The number of benzene rings is 2. The Kier molecular flexibility index (Phi) is 7.75. The van der Waals surface area contributed by atoms with Crippen molar-refractivity contribution >= 4 is 16.7 Å². The minimum atomic E-state index is -2.97. The highest BCUT2D eigenvalue weighted by molar-refractivity contribution is 6.04. The number of hydrogen-bond acceptors (Lipinski definition) is 5. The molecule has 32 heavy (non-hydrogen) atoms. The highest BCUT2D eigenvalue weighted by Crippen LogP contribution is 2.29. The Labute approximate surface area is 184 Å². The monoisotopic (exact) mass is 445 g/mol. The van der Waals surface area contributed by atoms with E-state index in [1.165, 1.54) is 23.9 Å². The van der Waals surface area contributed by atoms with Crippen LogP contribution in [-0.4, -0.2) is 29.4 Å². The first-order chi connectivity index (χ1) is 15.4. The Morgan fingerprint density at radius 2 is 1.88 bits per heavy atom. The fourth-order valence-electron chi connectivity index (χ4n) is 3.35. The van der Waals surface area contributed by atoms with Crippen LogP contribution in [-0.2, 0) is 13.1 Å². The van der Waals surface area contributed by atoms with Crippen molar-refractivity contribution in [3.05, 3.63) is 64.1 Å². The molecule has 1 amide bonds. The summed E-state index contributed by atoms with van der Waals surface area (Å²) in [6.45, 7) is -0.367. The molecule has 7 nitrogen and oxygen atoms in total. The van der Waals surface area contributed by atoms with Gasteiger partial charge in [-0.25, -0.2) is 4.68 Å². The van der Waals surface area contributed by atoms with E-state index in [1.54, 1.807) is 30.3 Å². The smallest absolute Gasteiger partial charge is 0.387 e. The number of nitrogens with zero attached hydrogens (tertiary/aromatic N) is 2. The van der Waals surface area contributed by atoms with Crippen LogP contribution < -0.4 is 20.3 Å². The van der Waals surface area contributed by atoms with Gasteiger partial charge in [0.1, 0.15) is 0 Å². The highest BCUT2D eigenvalue weighted by atomic mass is 19.3. The average Bonchev–Trinajstić information content (AvgIpc) is 2.79. The number of fused-ring (bicyclic) bond motifs is 1. The Morgan fingerprint density at radius 1 is 1.12 bits per heavy atom. The molecule has 1 aromatic heterocycles. The molecule has 3 rings (SSSR count). The Bertz CT molecular complexity index is 1150. The first-order valence-electron chi connectivity index (χ1n) is 10.3. The standard InChI is InChI=1S/C23H25F2N3O4/c1-3-4-7-12-28-22(30)17-9-6-5-8-16(17)20(27-28)21(29)26-14-15-10-11-18(32-23(24)25)19(13-15)31-2/h5-6,8-11,13,23H,3-4,7,12,14H2,1-2H3,(H,26,29). The van der Waals surface area contributed by atoms with Crippen molar-refractivity contribution < 1.29 is 23.0 Å². The summed E-state index contributed by atoms with van der Waals surface area (Å²) >= 11 is 0. The van der Waals surface area contributed by atoms with Gasteiger partial charge in [-0.2, -0.15) is 13.9 Å². The fraction of sp³-hybridized carbons (Fsp3) is 0.348. The van der Waals surface area contributed by atoms with Gasteiger partial charge in [-0.15, -0.1) is 0 Å². The maximum atomic E-state index is 12.9. The summed E-state index contributed by atoms with van der Waals surface area (Å²) in [5.41, 5.74) is 0.548. The topological polar surface area (TPSA) is 82.5 Å². The molecule has 0 aliphatic heterocycles. The van der Waals surface area contributed by atoms with Gasteiger partial charge in [0, 0.05) is 18.5 Å². The molecule has 2 aromatic carbocycles. The second-order valence-corrected chi connectivity index (χ2v) is 7.18. The van der Waals surface area contributed by atoms with E-state index in [4.69, 9.17) is 4.74 Å². The molecule has 0 unspecified atom stereocenters. The molecular weight excluding hydrogens is 420 g/mol. The van der Waals surface area contributed by atoms with E-state index in [0.717, 1.165) is 19.3 Å². The first kappa shape index (κ1) is 23.2. The van der Waals surface area contributed by atoms with Gasteiger partial charge in [-0.05, 0) is 30.2 Å². The quantitative estimate of drug-likeness (QED) is 0.475. The van der Waals surface area contributed by atoms with Gasteiger partial charge in [0.05, 0.1) is 12.5 Å². The lowest BCUT2D eigenvalue weighted by molar-refractivity contribution is -0.0512. The van der Waals surface area contributed by atoms with Crippen molar-refractivity contribution in [2.45, 2.75) is 45.9 Å². The number of ether oxygens (including phenoxy) is 2. The van der Waals surface area contributed by atoms with E-state index in [2.05, 4.69) is 22.1 Å². The zero-order chi connectivity index (χ0) is 23.1. The minimum Gasteiger partial charge on any atom is -0.493 e. The van der Waals surface area contributed by atoms with E-state index >= 15 is 0 Å². The van der Waals surface area contributed by atoms with Crippen LogP contribution in [0.15, 0.2) is 47.3 Å². The van der Waals surface area contributed by atoms with Crippen LogP contribution in [0.4, 0.5) is 8.78 Å². The van der Waals surface area contributed by atoms with Gasteiger partial charge in [-0.1, -0.05) is 44.0 Å². The molecule has 0 atom stereocenters. The van der Waals surface area contributed by atoms with E-state index in [-0.39, 0.29) is 29.3 Å². The summed E-state index contributed by atoms with van der Waals surface area (Å²) in [4.78, 5) is 25.7. The number of unbranched alkanes of at least 4 members (excludes halogenated alkanes) is 2. The van der Waals surface area contributed by atoms with Crippen molar-refractivity contribution in [2.75, 3.05) is 7.11 Å². The maximum absolute atomic E-state index is 12.9. The SMILES string of the molecule is CCCCCn1nc(C(=O)NCc2ccc(OC(F)F)c(OC)c2)c2ccccc2c1=O. The molecule has 0 fully saturated rings. The Balaban J connectivity index is 1.84. The number of halogens is 2. The molecule has 1 heterocycles. The largest absolute Gasteiger partial charge is 0.493 e. The summed E-state index contributed by atoms with van der Waals surface area (Å²) in [5, 5.41) is 8.00. The molecule has 0 saturated heterocycles. The fourth-order valence-corrected chi connectivity index (χ4v) is 3.35. The predicted molar refractivity (Wildman–Crippen MR) is 116 cm³/mol. The third-order valence-corrected chi connectivity index (χ3v) is 4.95. The molecule has 170 valence electrons. The molecule has 0 aliphatic rings.